The number of aromatic nitrogens is 2. The maximum absolute atomic E-state index is 12.2. The van der Waals surface area contributed by atoms with Gasteiger partial charge in [0.25, 0.3) is 0 Å². The fourth-order valence-electron chi connectivity index (χ4n) is 3.31. The topological polar surface area (TPSA) is 54.8 Å². The van der Waals surface area contributed by atoms with E-state index < -0.39 is 0 Å². The van der Waals surface area contributed by atoms with Gasteiger partial charge in [0.15, 0.2) is 0 Å². The van der Waals surface area contributed by atoms with E-state index in [0.29, 0.717) is 10.6 Å². The van der Waals surface area contributed by atoms with E-state index in [1.165, 1.54) is 30.8 Å². The standard InChI is InChI=1S/C21H26ClN3O/c1-3-4-5-8-13-25-19-10-7-6-9-18(19)24-21(25)23-15(2)17-14-16(22)11-12-20(17)26/h6-7,9-12,14-15H,3-5,8,13H2,1-2H3,(H2,23,24,26). The molecule has 0 spiro atoms. The number of imidazole rings is 1. The van der Waals surface area contributed by atoms with Crippen molar-refractivity contribution in [3.05, 3.63) is 53.1 Å². The number of H-pyrrole nitrogens is 1. The molecule has 0 amide bonds. The Morgan fingerprint density at radius 1 is 1.15 bits per heavy atom. The molecule has 3 aromatic rings. The molecule has 138 valence electrons. The molecule has 26 heavy (non-hydrogen) atoms. The Bertz CT molecular complexity index is 875. The normalized spacial score (nSPS) is 12.4. The zero-order valence-electron chi connectivity index (χ0n) is 15.4. The number of aromatic amines is 1. The number of nitrogens with zero attached hydrogens (tertiary/aromatic N) is 1. The van der Waals surface area contributed by atoms with Crippen molar-refractivity contribution >= 4 is 28.6 Å². The van der Waals surface area contributed by atoms with E-state index in [4.69, 9.17) is 11.6 Å². The van der Waals surface area contributed by atoms with E-state index in [1.54, 1.807) is 12.1 Å². The van der Waals surface area contributed by atoms with Crippen LogP contribution in [0.3, 0.4) is 0 Å². The van der Waals surface area contributed by atoms with E-state index in [1.807, 2.05) is 13.0 Å². The SMILES string of the molecule is CCCCCC[n+]1c(NC(C)c2cc(Cl)ccc2[O-])[nH]c2ccccc21. The first-order valence-electron chi connectivity index (χ1n) is 9.33. The van der Waals surface area contributed by atoms with Crippen molar-refractivity contribution < 1.29 is 9.67 Å². The molecular formula is C21H26ClN3O. The summed E-state index contributed by atoms with van der Waals surface area (Å²) in [6.45, 7) is 5.15. The molecule has 2 N–H and O–H groups in total. The molecule has 0 aliphatic rings. The highest BCUT2D eigenvalue weighted by Gasteiger charge is 2.20. The van der Waals surface area contributed by atoms with Gasteiger partial charge in [-0.1, -0.05) is 56.0 Å². The van der Waals surface area contributed by atoms with Gasteiger partial charge in [0.05, 0.1) is 12.6 Å². The van der Waals surface area contributed by atoms with Crippen LogP contribution in [-0.2, 0) is 6.54 Å². The molecule has 0 radical (unpaired) electrons. The molecule has 1 aromatic heterocycles. The zero-order chi connectivity index (χ0) is 18.5. The third-order valence-electron chi connectivity index (χ3n) is 4.74. The molecule has 0 fully saturated rings. The summed E-state index contributed by atoms with van der Waals surface area (Å²) >= 11 is 6.08. The lowest BCUT2D eigenvalue weighted by atomic mass is 10.1. The summed E-state index contributed by atoms with van der Waals surface area (Å²) in [7, 11) is 0. The summed E-state index contributed by atoms with van der Waals surface area (Å²) in [6, 6.07) is 13.0. The molecule has 1 atom stereocenters. The maximum atomic E-state index is 12.2. The second-order valence-electron chi connectivity index (χ2n) is 6.75. The number of halogens is 1. The highest BCUT2D eigenvalue weighted by Crippen LogP contribution is 2.27. The molecule has 2 aromatic carbocycles. The minimum atomic E-state index is -0.142. The minimum Gasteiger partial charge on any atom is -0.872 e. The zero-order valence-corrected chi connectivity index (χ0v) is 16.1. The first-order valence-corrected chi connectivity index (χ1v) is 9.71. The summed E-state index contributed by atoms with van der Waals surface area (Å²) in [6.07, 6.45) is 4.83. The second kappa shape index (κ2) is 8.45. The second-order valence-corrected chi connectivity index (χ2v) is 7.19. The molecule has 0 saturated heterocycles. The predicted octanol–water partition coefficient (Wildman–Crippen LogP) is 4.94. The Kier molecular flexibility index (Phi) is 6.04. The van der Waals surface area contributed by atoms with Gasteiger partial charge in [-0.3, -0.25) is 5.32 Å². The first kappa shape index (κ1) is 18.6. The number of hydrogen-bond acceptors (Lipinski definition) is 2. The van der Waals surface area contributed by atoms with Gasteiger partial charge >= 0.3 is 5.95 Å². The molecule has 1 unspecified atom stereocenters. The number of benzene rings is 2. The third kappa shape index (κ3) is 4.13. The summed E-state index contributed by atoms with van der Waals surface area (Å²) in [5.74, 6) is 0.926. The van der Waals surface area contributed by atoms with Gasteiger partial charge in [-0.15, -0.1) is 5.75 Å². The van der Waals surface area contributed by atoms with Crippen molar-refractivity contribution in [1.82, 2.24) is 4.98 Å². The van der Waals surface area contributed by atoms with E-state index >= 15 is 0 Å². The smallest absolute Gasteiger partial charge is 0.356 e. The van der Waals surface area contributed by atoms with Crippen LogP contribution in [0, 0.1) is 0 Å². The minimum absolute atomic E-state index is 0.00000639. The fraction of sp³-hybridized carbons (Fsp3) is 0.381. The van der Waals surface area contributed by atoms with Crippen LogP contribution in [0.2, 0.25) is 5.02 Å². The Morgan fingerprint density at radius 2 is 1.96 bits per heavy atom. The van der Waals surface area contributed by atoms with Gasteiger partial charge in [0, 0.05) is 5.02 Å². The largest absolute Gasteiger partial charge is 0.872 e. The first-order chi connectivity index (χ1) is 12.6. The number of nitrogens with one attached hydrogen (secondary N) is 2. The molecule has 1 heterocycles. The Hall–Kier alpha value is -2.20. The number of fused-ring (bicyclic) bond motifs is 1. The van der Waals surface area contributed by atoms with Crippen LogP contribution in [0.5, 0.6) is 5.75 Å². The summed E-state index contributed by atoms with van der Waals surface area (Å²) < 4.78 is 2.27. The highest BCUT2D eigenvalue weighted by atomic mass is 35.5. The van der Waals surface area contributed by atoms with Gasteiger partial charge in [-0.25, -0.2) is 9.55 Å². The number of para-hydroxylation sites is 2. The number of rotatable bonds is 8. The molecule has 0 aliphatic heterocycles. The molecule has 4 nitrogen and oxygen atoms in total. The van der Waals surface area contributed by atoms with E-state index in [9.17, 15) is 5.11 Å². The molecule has 3 rings (SSSR count). The average molecular weight is 372 g/mol. The number of aryl methyl sites for hydroxylation is 1. The van der Waals surface area contributed by atoms with Gasteiger partial charge < -0.3 is 5.11 Å². The summed E-state index contributed by atoms with van der Waals surface area (Å²) in [5, 5.41) is 16.2. The van der Waals surface area contributed by atoms with Crippen molar-refractivity contribution in [2.45, 2.75) is 52.1 Å². The van der Waals surface area contributed by atoms with Gasteiger partial charge in [0.1, 0.15) is 11.0 Å². The van der Waals surface area contributed by atoms with Gasteiger partial charge in [-0.05, 0) is 43.2 Å². The Labute approximate surface area is 159 Å². The average Bonchev–Trinajstić information content (AvgIpc) is 2.98. The van der Waals surface area contributed by atoms with Crippen LogP contribution in [0.4, 0.5) is 5.95 Å². The highest BCUT2D eigenvalue weighted by molar-refractivity contribution is 6.30. The van der Waals surface area contributed by atoms with Crippen LogP contribution in [-0.4, -0.2) is 4.98 Å². The van der Waals surface area contributed by atoms with Crippen molar-refractivity contribution in [2.75, 3.05) is 5.32 Å². The van der Waals surface area contributed by atoms with Crippen molar-refractivity contribution in [2.24, 2.45) is 0 Å². The van der Waals surface area contributed by atoms with Crippen molar-refractivity contribution in [1.29, 1.82) is 0 Å². The number of unbranched alkanes of at least 4 members (excludes halogenated alkanes) is 3. The van der Waals surface area contributed by atoms with Crippen molar-refractivity contribution in [3.63, 3.8) is 0 Å². The van der Waals surface area contributed by atoms with Crippen LogP contribution in [0.25, 0.3) is 11.0 Å². The lowest BCUT2D eigenvalue weighted by Crippen LogP contribution is -2.36. The summed E-state index contributed by atoms with van der Waals surface area (Å²) in [4.78, 5) is 3.46. The van der Waals surface area contributed by atoms with Crippen LogP contribution >= 0.6 is 11.6 Å². The van der Waals surface area contributed by atoms with Crippen LogP contribution < -0.4 is 15.0 Å². The molecular weight excluding hydrogens is 346 g/mol. The predicted molar refractivity (Wildman–Crippen MR) is 106 cm³/mol. The van der Waals surface area contributed by atoms with E-state index in [-0.39, 0.29) is 11.8 Å². The van der Waals surface area contributed by atoms with Crippen LogP contribution in [0.1, 0.15) is 51.1 Å². The number of anilines is 1. The fourth-order valence-corrected chi connectivity index (χ4v) is 3.49. The van der Waals surface area contributed by atoms with E-state index in [0.717, 1.165) is 24.4 Å². The van der Waals surface area contributed by atoms with Crippen LogP contribution in [0.15, 0.2) is 42.5 Å². The monoisotopic (exact) mass is 371 g/mol. The Morgan fingerprint density at radius 3 is 2.77 bits per heavy atom. The lowest BCUT2D eigenvalue weighted by Gasteiger charge is -2.18. The molecule has 0 bridgehead atoms. The van der Waals surface area contributed by atoms with E-state index in [2.05, 4.69) is 40.0 Å². The maximum Gasteiger partial charge on any atom is 0.356 e. The molecule has 0 saturated carbocycles. The van der Waals surface area contributed by atoms with Crippen molar-refractivity contribution in [3.8, 4) is 5.75 Å². The van der Waals surface area contributed by atoms with Gasteiger partial charge in [-0.2, -0.15) is 0 Å². The van der Waals surface area contributed by atoms with Gasteiger partial charge in [0.2, 0.25) is 0 Å². The quantitative estimate of drug-likeness (QED) is 0.435. The molecule has 0 aliphatic carbocycles. The molecule has 5 heteroatoms. The lowest BCUT2D eigenvalue weighted by molar-refractivity contribution is -0.657. The number of hydrogen-bond donors (Lipinski definition) is 2. The Balaban J connectivity index is 1.87. The third-order valence-corrected chi connectivity index (χ3v) is 4.98. The summed E-state index contributed by atoms with van der Waals surface area (Å²) in [5.41, 5.74) is 2.94.